The summed E-state index contributed by atoms with van der Waals surface area (Å²) in [6, 6.07) is 12.9. The zero-order valence-electron chi connectivity index (χ0n) is 10.2. The summed E-state index contributed by atoms with van der Waals surface area (Å²) in [5, 5.41) is 19.2. The minimum Gasteiger partial charge on any atom is -0.508 e. The van der Waals surface area contributed by atoms with Gasteiger partial charge in [0.05, 0.1) is 0 Å². The predicted molar refractivity (Wildman–Crippen MR) is 78.5 cm³/mol. The van der Waals surface area contributed by atoms with Crippen molar-refractivity contribution >= 4 is 23.4 Å². The molecule has 1 aromatic heterocycles. The van der Waals surface area contributed by atoms with E-state index in [4.69, 9.17) is 4.42 Å². The summed E-state index contributed by atoms with van der Waals surface area (Å²) in [6.45, 7) is 0. The van der Waals surface area contributed by atoms with Crippen LogP contribution in [0.25, 0.3) is 22.3 Å². The number of phenols is 2. The van der Waals surface area contributed by atoms with E-state index >= 15 is 0 Å². The van der Waals surface area contributed by atoms with Gasteiger partial charge in [-0.25, -0.2) is 0 Å². The Morgan fingerprint density at radius 3 is 2.35 bits per heavy atom. The molecule has 5 heteroatoms. The summed E-state index contributed by atoms with van der Waals surface area (Å²) in [5.74, 6) is -0.0511. The molecule has 3 aromatic rings. The molecule has 1 heterocycles. The van der Waals surface area contributed by atoms with Crippen LogP contribution in [0.1, 0.15) is 0 Å². The van der Waals surface area contributed by atoms with E-state index in [1.807, 2.05) is 30.3 Å². The number of halogens is 1. The lowest BCUT2D eigenvalue weighted by Gasteiger charge is -2.04. The quantitative estimate of drug-likeness (QED) is 0.721. The van der Waals surface area contributed by atoms with Crippen molar-refractivity contribution < 1.29 is 14.6 Å². The molecule has 0 atom stereocenters. The van der Waals surface area contributed by atoms with Crippen molar-refractivity contribution in [2.75, 3.05) is 0 Å². The van der Waals surface area contributed by atoms with E-state index in [0.29, 0.717) is 5.76 Å². The summed E-state index contributed by atoms with van der Waals surface area (Å²) in [4.78, 5) is 12.0. The van der Waals surface area contributed by atoms with Gasteiger partial charge in [-0.1, -0.05) is 30.3 Å². The van der Waals surface area contributed by atoms with Crippen molar-refractivity contribution in [2.24, 2.45) is 0 Å². The van der Waals surface area contributed by atoms with Gasteiger partial charge in [-0.2, -0.15) is 0 Å². The van der Waals surface area contributed by atoms with E-state index in [1.54, 1.807) is 0 Å². The molecule has 0 aliphatic heterocycles. The van der Waals surface area contributed by atoms with Crippen LogP contribution < -0.4 is 5.43 Å². The molecule has 0 spiro atoms. The summed E-state index contributed by atoms with van der Waals surface area (Å²) >= 11 is 0. The third-order valence-electron chi connectivity index (χ3n) is 2.85. The maximum atomic E-state index is 12.0. The lowest BCUT2D eigenvalue weighted by Crippen LogP contribution is -2.00. The lowest BCUT2D eigenvalue weighted by atomic mass is 10.1. The molecular weight excluding hydrogens is 280 g/mol. The van der Waals surface area contributed by atoms with Gasteiger partial charge in [0, 0.05) is 23.8 Å². The van der Waals surface area contributed by atoms with E-state index in [-0.39, 0.29) is 40.3 Å². The predicted octanol–water partition coefficient (Wildman–Crippen LogP) is 3.29. The van der Waals surface area contributed by atoms with Crippen LogP contribution in [0.4, 0.5) is 0 Å². The zero-order chi connectivity index (χ0) is 13.4. The van der Waals surface area contributed by atoms with Crippen molar-refractivity contribution in [1.29, 1.82) is 0 Å². The highest BCUT2D eigenvalue weighted by Crippen LogP contribution is 2.30. The molecule has 0 saturated carbocycles. The first kappa shape index (κ1) is 14.0. The van der Waals surface area contributed by atoms with Gasteiger partial charge >= 0.3 is 0 Å². The Labute approximate surface area is 120 Å². The number of hydrogen-bond acceptors (Lipinski definition) is 4. The van der Waals surface area contributed by atoms with Gasteiger partial charge in [-0.3, -0.25) is 4.79 Å². The Bertz CT molecular complexity index is 809. The van der Waals surface area contributed by atoms with Crippen LogP contribution in [0.5, 0.6) is 11.5 Å². The summed E-state index contributed by atoms with van der Waals surface area (Å²) in [5.41, 5.74) is 0.561. The van der Waals surface area contributed by atoms with Crippen molar-refractivity contribution in [2.45, 2.75) is 0 Å². The SMILES string of the molecule is Cl.O=c1cc(-c2ccccc2)oc2cc(O)cc(O)c12. The zero-order valence-corrected chi connectivity index (χ0v) is 11.1. The van der Waals surface area contributed by atoms with Crippen molar-refractivity contribution in [3.05, 3.63) is 58.8 Å². The highest BCUT2D eigenvalue weighted by atomic mass is 35.5. The third-order valence-corrected chi connectivity index (χ3v) is 2.85. The Morgan fingerprint density at radius 2 is 1.65 bits per heavy atom. The highest BCUT2D eigenvalue weighted by molar-refractivity contribution is 5.86. The summed E-state index contributed by atoms with van der Waals surface area (Å²) in [6.07, 6.45) is 0. The molecule has 2 aromatic carbocycles. The molecular formula is C15H11ClO4. The molecule has 0 aliphatic rings. The second-order valence-corrected chi connectivity index (χ2v) is 4.18. The van der Waals surface area contributed by atoms with Crippen LogP contribution in [0, 0.1) is 0 Å². The number of benzene rings is 2. The Balaban J connectivity index is 0.00000147. The monoisotopic (exact) mass is 290 g/mol. The molecule has 102 valence electrons. The fraction of sp³-hybridized carbons (Fsp3) is 0. The Kier molecular flexibility index (Phi) is 3.68. The minimum absolute atomic E-state index is 0. The third kappa shape index (κ3) is 2.33. The number of rotatable bonds is 1. The molecule has 4 nitrogen and oxygen atoms in total. The first-order valence-electron chi connectivity index (χ1n) is 5.70. The maximum Gasteiger partial charge on any atom is 0.197 e. The van der Waals surface area contributed by atoms with Gasteiger partial charge in [0.2, 0.25) is 0 Å². The second-order valence-electron chi connectivity index (χ2n) is 4.18. The van der Waals surface area contributed by atoms with Gasteiger partial charge in [0.1, 0.15) is 28.2 Å². The fourth-order valence-electron chi connectivity index (χ4n) is 2.00. The van der Waals surface area contributed by atoms with Gasteiger partial charge in [-0.15, -0.1) is 12.4 Å². The topological polar surface area (TPSA) is 70.7 Å². The van der Waals surface area contributed by atoms with Crippen LogP contribution in [0.2, 0.25) is 0 Å². The van der Waals surface area contributed by atoms with Gasteiger partial charge in [-0.05, 0) is 0 Å². The van der Waals surface area contributed by atoms with E-state index in [1.165, 1.54) is 12.1 Å². The molecule has 0 amide bonds. The average Bonchev–Trinajstić information content (AvgIpc) is 2.38. The second kappa shape index (κ2) is 5.27. The molecule has 0 aliphatic carbocycles. The van der Waals surface area contributed by atoms with E-state index in [0.717, 1.165) is 11.6 Å². The molecule has 0 bridgehead atoms. The highest BCUT2D eigenvalue weighted by Gasteiger charge is 2.11. The first-order valence-corrected chi connectivity index (χ1v) is 5.70. The number of hydrogen-bond donors (Lipinski definition) is 2. The Morgan fingerprint density at radius 1 is 0.950 bits per heavy atom. The van der Waals surface area contributed by atoms with Crippen molar-refractivity contribution in [3.8, 4) is 22.8 Å². The largest absolute Gasteiger partial charge is 0.508 e. The minimum atomic E-state index is -0.349. The summed E-state index contributed by atoms with van der Waals surface area (Å²) < 4.78 is 5.57. The molecule has 0 fully saturated rings. The number of fused-ring (bicyclic) bond motifs is 1. The maximum absolute atomic E-state index is 12.0. The van der Waals surface area contributed by atoms with Crippen LogP contribution >= 0.6 is 12.4 Å². The van der Waals surface area contributed by atoms with Crippen LogP contribution in [0.3, 0.4) is 0 Å². The van der Waals surface area contributed by atoms with Crippen molar-refractivity contribution in [1.82, 2.24) is 0 Å². The first-order chi connectivity index (χ1) is 9.15. The molecule has 0 unspecified atom stereocenters. The fourth-order valence-corrected chi connectivity index (χ4v) is 2.00. The van der Waals surface area contributed by atoms with Crippen LogP contribution in [0.15, 0.2) is 57.7 Å². The van der Waals surface area contributed by atoms with E-state index in [9.17, 15) is 15.0 Å². The molecule has 3 rings (SSSR count). The van der Waals surface area contributed by atoms with Gasteiger partial charge < -0.3 is 14.6 Å². The van der Waals surface area contributed by atoms with Gasteiger partial charge in [0.25, 0.3) is 0 Å². The molecule has 0 saturated heterocycles. The van der Waals surface area contributed by atoms with Crippen molar-refractivity contribution in [3.63, 3.8) is 0 Å². The standard InChI is InChI=1S/C15H10O4.ClH/c16-10-6-11(17)15-12(18)8-13(19-14(15)7-10)9-4-2-1-3-5-9;/h1-8,16-17H;1H. The van der Waals surface area contributed by atoms with Crippen LogP contribution in [-0.4, -0.2) is 10.2 Å². The normalized spacial score (nSPS) is 10.2. The molecule has 0 radical (unpaired) electrons. The summed E-state index contributed by atoms with van der Waals surface area (Å²) in [7, 11) is 0. The van der Waals surface area contributed by atoms with E-state index < -0.39 is 0 Å². The lowest BCUT2D eigenvalue weighted by molar-refractivity contribution is 0.452. The average molecular weight is 291 g/mol. The molecule has 20 heavy (non-hydrogen) atoms. The van der Waals surface area contributed by atoms with E-state index in [2.05, 4.69) is 0 Å². The number of phenolic OH excluding ortho intramolecular Hbond substituents is 2. The van der Waals surface area contributed by atoms with Crippen LogP contribution in [-0.2, 0) is 0 Å². The Hall–Kier alpha value is -2.46. The van der Waals surface area contributed by atoms with Gasteiger partial charge in [0.15, 0.2) is 5.43 Å². The molecule has 2 N–H and O–H groups in total. The number of aromatic hydroxyl groups is 2. The smallest absolute Gasteiger partial charge is 0.197 e.